The molecule has 0 heteroatoms. The lowest BCUT2D eigenvalue weighted by atomic mass is 9.99. The van der Waals surface area contributed by atoms with E-state index in [4.69, 9.17) is 0 Å². The molecule has 0 aliphatic heterocycles. The number of aryl methyl sites for hydroxylation is 2. The van der Waals surface area contributed by atoms with Crippen molar-refractivity contribution in [1.29, 1.82) is 0 Å². The molecule has 0 unspecified atom stereocenters. The van der Waals surface area contributed by atoms with E-state index in [1.165, 1.54) is 88.2 Å². The largest absolute Gasteiger partial charge is 0.0588 e. The highest BCUT2D eigenvalue weighted by molar-refractivity contribution is 5.22. The molecule has 0 aromatic heterocycles. The minimum Gasteiger partial charge on any atom is -0.0588 e. The van der Waals surface area contributed by atoms with Crippen LogP contribution in [-0.2, 0) is 12.8 Å². The number of hydrogen-bond donors (Lipinski definition) is 0. The molecule has 0 fully saturated rings. The van der Waals surface area contributed by atoms with Gasteiger partial charge in [-0.15, -0.1) is 0 Å². The normalized spacial score (nSPS) is 19.8. The molecule has 18 heavy (non-hydrogen) atoms. The Morgan fingerprint density at radius 2 is 0.667 bits per heavy atom. The first-order valence-electron chi connectivity index (χ1n) is 8.03. The van der Waals surface area contributed by atoms with Crippen LogP contribution >= 0.6 is 0 Å². The Morgan fingerprint density at radius 3 is 1.00 bits per heavy atom. The summed E-state index contributed by atoms with van der Waals surface area (Å²) in [5.41, 5.74) is 3.07. The standard InChI is InChI=1S/C18H28/c1-2-4-6-8-10-12-18-15-13-17(14-16-18)11-9-7-5-3-1/h13-16H,1-12H2. The topological polar surface area (TPSA) is 0 Å². The Labute approximate surface area is 113 Å². The van der Waals surface area contributed by atoms with E-state index in [-0.39, 0.29) is 0 Å². The Morgan fingerprint density at radius 1 is 0.389 bits per heavy atom. The highest BCUT2D eigenvalue weighted by Crippen LogP contribution is 2.15. The van der Waals surface area contributed by atoms with E-state index >= 15 is 0 Å². The van der Waals surface area contributed by atoms with Gasteiger partial charge in [0.05, 0.1) is 0 Å². The smallest absolute Gasteiger partial charge is 0.0279 e. The van der Waals surface area contributed by atoms with E-state index in [0.717, 1.165) is 0 Å². The van der Waals surface area contributed by atoms with Gasteiger partial charge in [-0.3, -0.25) is 0 Å². The van der Waals surface area contributed by atoms with Crippen LogP contribution in [0.5, 0.6) is 0 Å². The molecule has 0 saturated heterocycles. The van der Waals surface area contributed by atoms with Crippen molar-refractivity contribution in [3.05, 3.63) is 35.4 Å². The third kappa shape index (κ3) is 5.25. The maximum absolute atomic E-state index is 2.35. The van der Waals surface area contributed by atoms with Crippen LogP contribution in [-0.4, -0.2) is 0 Å². The second-order valence-electron chi connectivity index (χ2n) is 5.85. The van der Waals surface area contributed by atoms with Gasteiger partial charge in [-0.2, -0.15) is 0 Å². The van der Waals surface area contributed by atoms with Gasteiger partial charge in [-0.05, 0) is 36.8 Å². The highest BCUT2D eigenvalue weighted by Gasteiger charge is 1.98. The summed E-state index contributed by atoms with van der Waals surface area (Å²) in [5.74, 6) is 0. The van der Waals surface area contributed by atoms with Crippen LogP contribution in [0.4, 0.5) is 0 Å². The fraction of sp³-hybridized carbons (Fsp3) is 0.667. The Balaban J connectivity index is 1.84. The maximum atomic E-state index is 2.35. The summed E-state index contributed by atoms with van der Waals surface area (Å²) in [6, 6.07) is 9.39. The second kappa shape index (κ2) is 8.34. The lowest BCUT2D eigenvalue weighted by Gasteiger charge is -2.07. The number of fused-ring (bicyclic) bond motifs is 13. The van der Waals surface area contributed by atoms with E-state index in [9.17, 15) is 0 Å². The van der Waals surface area contributed by atoms with Gasteiger partial charge < -0.3 is 0 Å². The van der Waals surface area contributed by atoms with E-state index in [1.807, 2.05) is 0 Å². The zero-order valence-corrected chi connectivity index (χ0v) is 11.8. The molecule has 0 radical (unpaired) electrons. The summed E-state index contributed by atoms with van der Waals surface area (Å²) < 4.78 is 0. The Bertz CT molecular complexity index is 276. The first-order chi connectivity index (χ1) is 8.95. The summed E-state index contributed by atoms with van der Waals surface area (Å²) in [6.07, 6.45) is 16.9. The van der Waals surface area contributed by atoms with Gasteiger partial charge in [0.25, 0.3) is 0 Å². The van der Waals surface area contributed by atoms with Crippen molar-refractivity contribution in [2.75, 3.05) is 0 Å². The number of hydrogen-bond acceptors (Lipinski definition) is 0. The summed E-state index contributed by atoms with van der Waals surface area (Å²) in [5, 5.41) is 0. The third-order valence-electron chi connectivity index (χ3n) is 4.20. The van der Waals surface area contributed by atoms with Crippen LogP contribution in [0.15, 0.2) is 24.3 Å². The molecular weight excluding hydrogens is 216 g/mol. The van der Waals surface area contributed by atoms with Crippen molar-refractivity contribution >= 4 is 0 Å². The highest BCUT2D eigenvalue weighted by atomic mass is 14.0. The molecule has 0 amide bonds. The second-order valence-corrected chi connectivity index (χ2v) is 5.85. The maximum Gasteiger partial charge on any atom is -0.0279 e. The van der Waals surface area contributed by atoms with Crippen molar-refractivity contribution in [3.8, 4) is 0 Å². The molecule has 0 atom stereocenters. The molecule has 2 aliphatic carbocycles. The summed E-state index contributed by atoms with van der Waals surface area (Å²) in [6.45, 7) is 0. The zero-order chi connectivity index (χ0) is 12.5. The Hall–Kier alpha value is -0.780. The first-order valence-corrected chi connectivity index (χ1v) is 8.03. The fourth-order valence-electron chi connectivity index (χ4n) is 2.95. The number of benzene rings is 1. The van der Waals surface area contributed by atoms with Crippen molar-refractivity contribution in [2.24, 2.45) is 0 Å². The van der Waals surface area contributed by atoms with Crippen LogP contribution < -0.4 is 0 Å². The van der Waals surface area contributed by atoms with E-state index in [1.54, 1.807) is 0 Å². The van der Waals surface area contributed by atoms with Crippen molar-refractivity contribution in [3.63, 3.8) is 0 Å². The molecule has 100 valence electrons. The molecule has 1 aromatic rings. The van der Waals surface area contributed by atoms with Gasteiger partial charge in [-0.25, -0.2) is 0 Å². The Kier molecular flexibility index (Phi) is 6.33. The van der Waals surface area contributed by atoms with Gasteiger partial charge in [0.15, 0.2) is 0 Å². The van der Waals surface area contributed by atoms with Crippen LogP contribution in [0.2, 0.25) is 0 Å². The zero-order valence-electron chi connectivity index (χ0n) is 11.8. The molecule has 0 saturated carbocycles. The predicted octanol–water partition coefficient (Wildman–Crippen LogP) is 5.69. The summed E-state index contributed by atoms with van der Waals surface area (Å²) in [7, 11) is 0. The number of rotatable bonds is 0. The van der Waals surface area contributed by atoms with E-state index in [2.05, 4.69) is 24.3 Å². The van der Waals surface area contributed by atoms with Gasteiger partial charge in [0, 0.05) is 0 Å². The molecule has 3 rings (SSSR count). The minimum absolute atomic E-state index is 1.28. The van der Waals surface area contributed by atoms with Crippen LogP contribution in [0, 0.1) is 0 Å². The molecule has 0 nitrogen and oxygen atoms in total. The van der Waals surface area contributed by atoms with Crippen molar-refractivity contribution < 1.29 is 0 Å². The van der Waals surface area contributed by atoms with Crippen LogP contribution in [0.25, 0.3) is 0 Å². The summed E-state index contributed by atoms with van der Waals surface area (Å²) >= 11 is 0. The van der Waals surface area contributed by atoms with Gasteiger partial charge in [-0.1, -0.05) is 75.6 Å². The van der Waals surface area contributed by atoms with Crippen molar-refractivity contribution in [2.45, 2.75) is 77.0 Å². The van der Waals surface area contributed by atoms with Gasteiger partial charge >= 0.3 is 0 Å². The van der Waals surface area contributed by atoms with Crippen molar-refractivity contribution in [1.82, 2.24) is 0 Å². The predicted molar refractivity (Wildman–Crippen MR) is 80.0 cm³/mol. The lowest BCUT2D eigenvalue weighted by molar-refractivity contribution is 0.550. The molecular formula is C18H28. The SMILES string of the molecule is c1cc2ccc1CCCCCCCCCCCC2. The van der Waals surface area contributed by atoms with Crippen LogP contribution in [0.3, 0.4) is 0 Å². The van der Waals surface area contributed by atoms with Gasteiger partial charge in [0.1, 0.15) is 0 Å². The average molecular weight is 244 g/mol. The minimum atomic E-state index is 1.28. The lowest BCUT2D eigenvalue weighted by Crippen LogP contribution is -1.91. The monoisotopic (exact) mass is 244 g/mol. The quantitative estimate of drug-likeness (QED) is 0.550. The third-order valence-corrected chi connectivity index (χ3v) is 4.20. The average Bonchev–Trinajstić information content (AvgIpc) is 2.40. The molecule has 2 bridgehead atoms. The van der Waals surface area contributed by atoms with Crippen LogP contribution in [0.1, 0.15) is 75.3 Å². The fourth-order valence-corrected chi connectivity index (χ4v) is 2.95. The molecule has 1 aromatic carbocycles. The summed E-state index contributed by atoms with van der Waals surface area (Å²) in [4.78, 5) is 0. The molecule has 0 N–H and O–H groups in total. The molecule has 0 heterocycles. The first kappa shape index (κ1) is 13.6. The molecule has 0 spiro atoms. The van der Waals surface area contributed by atoms with E-state index < -0.39 is 0 Å². The van der Waals surface area contributed by atoms with Gasteiger partial charge in [0.2, 0.25) is 0 Å². The molecule has 2 aliphatic rings. The van der Waals surface area contributed by atoms with E-state index in [0.29, 0.717) is 0 Å².